The first-order chi connectivity index (χ1) is 7.59. The monoisotopic (exact) mass is 307 g/mol. The van der Waals surface area contributed by atoms with Crippen molar-refractivity contribution in [2.24, 2.45) is 0 Å². The van der Waals surface area contributed by atoms with Crippen LogP contribution in [-0.4, -0.2) is 29.5 Å². The molecule has 2 unspecified atom stereocenters. The van der Waals surface area contributed by atoms with Crippen molar-refractivity contribution in [1.82, 2.24) is 14.9 Å². The summed E-state index contributed by atoms with van der Waals surface area (Å²) in [7, 11) is -3.45. The minimum absolute atomic E-state index is 0.0259. The Morgan fingerprint density at radius 1 is 1.44 bits per heavy atom. The van der Waals surface area contributed by atoms with Gasteiger partial charge in [-0.05, 0) is 18.9 Å². The Balaban J connectivity index is 2.09. The number of nitrogens with zero attached hydrogens (tertiary/aromatic N) is 1. The molecule has 0 saturated heterocycles. The van der Waals surface area contributed by atoms with Gasteiger partial charge in [-0.2, -0.15) is 5.10 Å². The molecule has 16 heavy (non-hydrogen) atoms. The molecule has 1 aromatic rings. The maximum absolute atomic E-state index is 11.9. The molecule has 1 fully saturated rings. The molecule has 0 aromatic carbocycles. The Morgan fingerprint density at radius 2 is 2.19 bits per heavy atom. The SMILES string of the molecule is O=S(=O)(NC1CCCCC1Br)c1ccn[nH]1. The second-order valence-corrected chi connectivity index (χ2v) is 6.81. The number of aromatic amines is 1. The van der Waals surface area contributed by atoms with Crippen molar-refractivity contribution in [3.8, 4) is 0 Å². The number of sulfonamides is 1. The van der Waals surface area contributed by atoms with Crippen molar-refractivity contribution >= 4 is 26.0 Å². The van der Waals surface area contributed by atoms with Gasteiger partial charge in [-0.1, -0.05) is 28.8 Å². The van der Waals surface area contributed by atoms with Crippen LogP contribution in [0.3, 0.4) is 0 Å². The lowest BCUT2D eigenvalue weighted by atomic mass is 9.96. The first-order valence-corrected chi connectivity index (χ1v) is 7.65. The van der Waals surface area contributed by atoms with Crippen LogP contribution in [0.2, 0.25) is 0 Å². The molecule has 1 aliphatic carbocycles. The van der Waals surface area contributed by atoms with E-state index in [1.54, 1.807) is 0 Å². The minimum atomic E-state index is -3.45. The largest absolute Gasteiger partial charge is 0.266 e. The summed E-state index contributed by atoms with van der Waals surface area (Å²) < 4.78 is 26.5. The first kappa shape index (κ1) is 12.1. The van der Waals surface area contributed by atoms with Crippen molar-refractivity contribution in [3.05, 3.63) is 12.3 Å². The lowest BCUT2D eigenvalue weighted by molar-refractivity contribution is 0.427. The number of hydrogen-bond acceptors (Lipinski definition) is 3. The summed E-state index contributed by atoms with van der Waals surface area (Å²) >= 11 is 3.52. The molecule has 2 rings (SSSR count). The third-order valence-electron chi connectivity index (χ3n) is 2.75. The molecular weight excluding hydrogens is 294 g/mol. The van der Waals surface area contributed by atoms with Crippen LogP contribution < -0.4 is 4.72 Å². The molecule has 5 nitrogen and oxygen atoms in total. The lowest BCUT2D eigenvalue weighted by Crippen LogP contribution is -2.42. The van der Waals surface area contributed by atoms with E-state index in [1.165, 1.54) is 12.3 Å². The molecule has 0 spiro atoms. The molecule has 1 aliphatic rings. The summed E-state index contributed by atoms with van der Waals surface area (Å²) in [6.45, 7) is 0. The van der Waals surface area contributed by atoms with Crippen LogP contribution >= 0.6 is 15.9 Å². The van der Waals surface area contributed by atoms with Gasteiger partial charge in [0.15, 0.2) is 5.03 Å². The Hall–Kier alpha value is -0.400. The second kappa shape index (κ2) is 4.85. The number of halogens is 1. The van der Waals surface area contributed by atoms with E-state index in [4.69, 9.17) is 0 Å². The van der Waals surface area contributed by atoms with Crippen LogP contribution in [0.4, 0.5) is 0 Å². The quantitative estimate of drug-likeness (QED) is 0.829. The van der Waals surface area contributed by atoms with Gasteiger partial charge in [-0.15, -0.1) is 0 Å². The molecule has 0 radical (unpaired) electrons. The zero-order valence-corrected chi connectivity index (χ0v) is 11.1. The Morgan fingerprint density at radius 3 is 2.81 bits per heavy atom. The van der Waals surface area contributed by atoms with Gasteiger partial charge >= 0.3 is 0 Å². The summed E-state index contributed by atoms with van der Waals surface area (Å²) in [5.74, 6) is 0. The highest BCUT2D eigenvalue weighted by Crippen LogP contribution is 2.25. The summed E-state index contributed by atoms with van der Waals surface area (Å²) in [6, 6.07) is 1.43. The molecule has 90 valence electrons. The fourth-order valence-corrected chi connectivity index (χ4v) is 3.99. The van der Waals surface area contributed by atoms with Crippen LogP contribution in [-0.2, 0) is 10.0 Å². The number of hydrogen-bond donors (Lipinski definition) is 2. The predicted molar refractivity (Wildman–Crippen MR) is 63.9 cm³/mol. The summed E-state index contributed by atoms with van der Waals surface area (Å²) in [6.07, 6.45) is 5.54. The van der Waals surface area contributed by atoms with E-state index in [1.807, 2.05) is 0 Å². The van der Waals surface area contributed by atoms with Gasteiger partial charge in [0.25, 0.3) is 10.0 Å². The van der Waals surface area contributed by atoms with Crippen LogP contribution in [0.1, 0.15) is 25.7 Å². The van der Waals surface area contributed by atoms with E-state index in [2.05, 4.69) is 30.8 Å². The first-order valence-electron chi connectivity index (χ1n) is 5.25. The third-order valence-corrected chi connectivity index (χ3v) is 5.27. The van der Waals surface area contributed by atoms with Crippen LogP contribution in [0.15, 0.2) is 17.3 Å². The number of H-pyrrole nitrogens is 1. The molecule has 0 aliphatic heterocycles. The number of aromatic nitrogens is 2. The standard InChI is InChI=1S/C9H14BrN3O2S/c10-7-3-1-2-4-8(7)13-16(14,15)9-5-6-11-12-9/h5-8,13H,1-4H2,(H,11,12). The van der Waals surface area contributed by atoms with Gasteiger partial charge in [-0.25, -0.2) is 13.1 Å². The average molecular weight is 308 g/mol. The van der Waals surface area contributed by atoms with Crippen LogP contribution in [0.5, 0.6) is 0 Å². The molecule has 0 bridgehead atoms. The van der Waals surface area contributed by atoms with Crippen LogP contribution in [0, 0.1) is 0 Å². The fraction of sp³-hybridized carbons (Fsp3) is 0.667. The van der Waals surface area contributed by atoms with Gasteiger partial charge in [0.2, 0.25) is 0 Å². The average Bonchev–Trinajstić information content (AvgIpc) is 2.75. The van der Waals surface area contributed by atoms with E-state index < -0.39 is 10.0 Å². The summed E-state index contributed by atoms with van der Waals surface area (Å²) in [5, 5.41) is 6.23. The van der Waals surface area contributed by atoms with E-state index in [-0.39, 0.29) is 15.9 Å². The Bertz CT molecular complexity index is 432. The topological polar surface area (TPSA) is 74.8 Å². The maximum atomic E-state index is 11.9. The van der Waals surface area contributed by atoms with Crippen molar-refractivity contribution in [2.45, 2.75) is 41.6 Å². The van der Waals surface area contributed by atoms with Crippen molar-refractivity contribution in [1.29, 1.82) is 0 Å². The Labute approximate surface area is 103 Å². The highest BCUT2D eigenvalue weighted by molar-refractivity contribution is 9.09. The minimum Gasteiger partial charge on any atom is -0.266 e. The molecule has 7 heteroatoms. The highest BCUT2D eigenvalue weighted by Gasteiger charge is 2.28. The normalized spacial score (nSPS) is 26.8. The predicted octanol–water partition coefficient (Wildman–Crippen LogP) is 1.39. The highest BCUT2D eigenvalue weighted by atomic mass is 79.9. The van der Waals surface area contributed by atoms with Crippen molar-refractivity contribution in [2.75, 3.05) is 0 Å². The summed E-state index contributed by atoms with van der Waals surface area (Å²) in [4.78, 5) is 0.221. The molecule has 1 saturated carbocycles. The van der Waals surface area contributed by atoms with E-state index in [9.17, 15) is 8.42 Å². The van der Waals surface area contributed by atoms with Gasteiger partial charge < -0.3 is 0 Å². The van der Waals surface area contributed by atoms with E-state index in [0.29, 0.717) is 0 Å². The van der Waals surface area contributed by atoms with Gasteiger partial charge in [0.1, 0.15) is 0 Å². The van der Waals surface area contributed by atoms with Crippen LogP contribution in [0.25, 0.3) is 0 Å². The van der Waals surface area contributed by atoms with Gasteiger partial charge in [0, 0.05) is 10.9 Å². The number of rotatable bonds is 3. The van der Waals surface area contributed by atoms with E-state index >= 15 is 0 Å². The fourth-order valence-electron chi connectivity index (χ4n) is 1.87. The number of nitrogens with one attached hydrogen (secondary N) is 2. The van der Waals surface area contributed by atoms with Gasteiger partial charge in [-0.3, -0.25) is 5.10 Å². The summed E-state index contributed by atoms with van der Waals surface area (Å²) in [5.41, 5.74) is 0. The molecule has 2 N–H and O–H groups in total. The zero-order chi connectivity index (χ0) is 11.6. The van der Waals surface area contributed by atoms with Crippen molar-refractivity contribution < 1.29 is 8.42 Å². The maximum Gasteiger partial charge on any atom is 0.257 e. The molecule has 1 heterocycles. The molecule has 1 aromatic heterocycles. The number of alkyl halides is 1. The lowest BCUT2D eigenvalue weighted by Gasteiger charge is -2.27. The van der Waals surface area contributed by atoms with E-state index in [0.717, 1.165) is 25.7 Å². The smallest absolute Gasteiger partial charge is 0.257 e. The molecule has 0 amide bonds. The third kappa shape index (κ3) is 2.64. The Kier molecular flexibility index (Phi) is 3.66. The zero-order valence-electron chi connectivity index (χ0n) is 8.69. The second-order valence-electron chi connectivity index (χ2n) is 3.95. The molecule has 2 atom stereocenters. The van der Waals surface area contributed by atoms with Gasteiger partial charge in [0.05, 0.1) is 6.20 Å². The molecular formula is C9H14BrN3O2S. The van der Waals surface area contributed by atoms with Crippen molar-refractivity contribution in [3.63, 3.8) is 0 Å².